The molecule has 3 rings (SSSR count). The van der Waals surface area contributed by atoms with Crippen molar-refractivity contribution in [1.82, 2.24) is 15.3 Å². The summed E-state index contributed by atoms with van der Waals surface area (Å²) in [5.41, 5.74) is 1.22. The predicted octanol–water partition coefficient (Wildman–Crippen LogP) is 2.89. The molecule has 0 spiro atoms. The Morgan fingerprint density at radius 1 is 1.30 bits per heavy atom. The van der Waals surface area contributed by atoms with Gasteiger partial charge >= 0.3 is 0 Å². The number of nitrogens with zero attached hydrogens (tertiary/aromatic N) is 2. The average Bonchev–Trinajstić information content (AvgIpc) is 3.08. The van der Waals surface area contributed by atoms with E-state index in [9.17, 15) is 4.79 Å². The van der Waals surface area contributed by atoms with Gasteiger partial charge in [-0.05, 0) is 37.1 Å². The number of halogens is 1. The van der Waals surface area contributed by atoms with Crippen LogP contribution in [0, 0.1) is 0 Å². The van der Waals surface area contributed by atoms with Gasteiger partial charge in [-0.25, -0.2) is 9.97 Å². The van der Waals surface area contributed by atoms with Crippen LogP contribution < -0.4 is 10.6 Å². The first kappa shape index (κ1) is 15.9. The molecule has 0 aliphatic carbocycles. The fourth-order valence-electron chi connectivity index (χ4n) is 2.33. The van der Waals surface area contributed by atoms with Gasteiger partial charge in [-0.3, -0.25) is 4.79 Å². The Labute approximate surface area is 142 Å². The van der Waals surface area contributed by atoms with Gasteiger partial charge in [0.2, 0.25) is 0 Å². The van der Waals surface area contributed by atoms with E-state index < -0.39 is 0 Å². The summed E-state index contributed by atoms with van der Waals surface area (Å²) >= 11 is 3.39. The molecule has 2 N–H and O–H groups in total. The summed E-state index contributed by atoms with van der Waals surface area (Å²) in [6, 6.07) is 9.33. The molecular formula is C16H17BrN4O2. The van der Waals surface area contributed by atoms with E-state index in [1.165, 1.54) is 6.33 Å². The van der Waals surface area contributed by atoms with E-state index in [1.54, 1.807) is 6.07 Å². The van der Waals surface area contributed by atoms with E-state index in [4.69, 9.17) is 4.74 Å². The van der Waals surface area contributed by atoms with E-state index in [-0.39, 0.29) is 12.0 Å². The SMILES string of the molecule is O=C(NCC1CCCO1)c1cc(Nc2ccc(Br)cc2)ncn1. The lowest BCUT2D eigenvalue weighted by atomic mass is 10.2. The van der Waals surface area contributed by atoms with Crippen molar-refractivity contribution in [3.63, 3.8) is 0 Å². The number of ether oxygens (including phenoxy) is 1. The Morgan fingerprint density at radius 2 is 2.13 bits per heavy atom. The van der Waals surface area contributed by atoms with Crippen molar-refractivity contribution in [2.45, 2.75) is 18.9 Å². The molecule has 7 heteroatoms. The molecule has 23 heavy (non-hydrogen) atoms. The highest BCUT2D eigenvalue weighted by Gasteiger charge is 2.17. The first-order chi connectivity index (χ1) is 11.2. The van der Waals surface area contributed by atoms with E-state index in [2.05, 4.69) is 36.5 Å². The van der Waals surface area contributed by atoms with Crippen LogP contribution in [0.25, 0.3) is 0 Å². The van der Waals surface area contributed by atoms with Crippen LogP contribution in [0.1, 0.15) is 23.3 Å². The standard InChI is InChI=1S/C16H17BrN4O2/c17-11-3-5-12(6-4-11)21-15-8-14(19-10-20-15)16(22)18-9-13-2-1-7-23-13/h3-6,8,10,13H,1-2,7,9H2,(H,18,22)(H,19,20,21). The molecular weight excluding hydrogens is 360 g/mol. The number of aromatic nitrogens is 2. The molecule has 2 heterocycles. The van der Waals surface area contributed by atoms with E-state index in [0.717, 1.165) is 29.6 Å². The molecule has 1 unspecified atom stereocenters. The van der Waals surface area contributed by atoms with Crippen molar-refractivity contribution < 1.29 is 9.53 Å². The summed E-state index contributed by atoms with van der Waals surface area (Å²) in [5, 5.41) is 6.00. The van der Waals surface area contributed by atoms with E-state index >= 15 is 0 Å². The molecule has 1 amide bonds. The van der Waals surface area contributed by atoms with Gasteiger partial charge in [0.15, 0.2) is 0 Å². The van der Waals surface area contributed by atoms with Gasteiger partial charge in [0.05, 0.1) is 6.10 Å². The molecule has 0 bridgehead atoms. The normalized spacial score (nSPS) is 17.0. The van der Waals surface area contributed by atoms with Gasteiger partial charge in [0.25, 0.3) is 5.91 Å². The Kier molecular flexibility index (Phi) is 5.19. The van der Waals surface area contributed by atoms with Gasteiger partial charge in [-0.2, -0.15) is 0 Å². The summed E-state index contributed by atoms with van der Waals surface area (Å²) in [5.74, 6) is 0.353. The minimum Gasteiger partial charge on any atom is -0.376 e. The number of amides is 1. The van der Waals surface area contributed by atoms with Gasteiger partial charge < -0.3 is 15.4 Å². The maximum absolute atomic E-state index is 12.2. The first-order valence-electron chi connectivity index (χ1n) is 7.45. The molecule has 1 aliphatic heterocycles. The van der Waals surface area contributed by atoms with Crippen LogP contribution in [0.5, 0.6) is 0 Å². The summed E-state index contributed by atoms with van der Waals surface area (Å²) in [6.45, 7) is 1.29. The summed E-state index contributed by atoms with van der Waals surface area (Å²) in [6.07, 6.45) is 3.53. The molecule has 1 saturated heterocycles. The van der Waals surface area contributed by atoms with Crippen molar-refractivity contribution in [2.24, 2.45) is 0 Å². The highest BCUT2D eigenvalue weighted by Crippen LogP contribution is 2.18. The maximum atomic E-state index is 12.2. The van der Waals surface area contributed by atoms with Crippen LogP contribution >= 0.6 is 15.9 Å². The van der Waals surface area contributed by atoms with Crippen LogP contribution in [0.4, 0.5) is 11.5 Å². The number of carbonyl (C=O) groups is 1. The third kappa shape index (κ3) is 4.49. The van der Waals surface area contributed by atoms with Gasteiger partial charge in [0, 0.05) is 29.4 Å². The largest absolute Gasteiger partial charge is 0.376 e. The van der Waals surface area contributed by atoms with Crippen LogP contribution in [0.15, 0.2) is 41.1 Å². The second kappa shape index (κ2) is 7.52. The van der Waals surface area contributed by atoms with Crippen molar-refractivity contribution in [2.75, 3.05) is 18.5 Å². The number of hydrogen-bond donors (Lipinski definition) is 2. The molecule has 0 saturated carbocycles. The third-order valence-electron chi connectivity index (χ3n) is 3.53. The molecule has 1 atom stereocenters. The monoisotopic (exact) mass is 376 g/mol. The molecule has 1 aromatic heterocycles. The fraction of sp³-hybridized carbons (Fsp3) is 0.312. The highest BCUT2D eigenvalue weighted by atomic mass is 79.9. The molecule has 120 valence electrons. The second-order valence-corrected chi connectivity index (χ2v) is 6.18. The number of anilines is 2. The summed E-state index contributed by atoms with van der Waals surface area (Å²) in [4.78, 5) is 20.3. The Bertz CT molecular complexity index is 672. The van der Waals surface area contributed by atoms with Crippen molar-refractivity contribution >= 4 is 33.3 Å². The number of benzene rings is 1. The van der Waals surface area contributed by atoms with Crippen molar-refractivity contribution in [3.8, 4) is 0 Å². The van der Waals surface area contributed by atoms with Gasteiger partial charge in [-0.1, -0.05) is 15.9 Å². The third-order valence-corrected chi connectivity index (χ3v) is 4.06. The lowest BCUT2D eigenvalue weighted by molar-refractivity contribution is 0.0853. The first-order valence-corrected chi connectivity index (χ1v) is 8.24. The number of carbonyl (C=O) groups excluding carboxylic acids is 1. The summed E-state index contributed by atoms with van der Waals surface area (Å²) in [7, 11) is 0. The van der Waals surface area contributed by atoms with Crippen molar-refractivity contribution in [3.05, 3.63) is 46.8 Å². The smallest absolute Gasteiger partial charge is 0.270 e. The zero-order chi connectivity index (χ0) is 16.1. The Morgan fingerprint density at radius 3 is 2.87 bits per heavy atom. The van der Waals surface area contributed by atoms with Gasteiger partial charge in [-0.15, -0.1) is 0 Å². The van der Waals surface area contributed by atoms with Crippen LogP contribution in [-0.4, -0.2) is 35.1 Å². The second-order valence-electron chi connectivity index (χ2n) is 5.27. The maximum Gasteiger partial charge on any atom is 0.270 e. The lowest BCUT2D eigenvalue weighted by Gasteiger charge is -2.11. The van der Waals surface area contributed by atoms with Crippen LogP contribution in [0.3, 0.4) is 0 Å². The van der Waals surface area contributed by atoms with Crippen LogP contribution in [-0.2, 0) is 4.74 Å². The van der Waals surface area contributed by atoms with Crippen molar-refractivity contribution in [1.29, 1.82) is 0 Å². The molecule has 6 nitrogen and oxygen atoms in total. The zero-order valence-corrected chi connectivity index (χ0v) is 14.0. The minimum atomic E-state index is -0.221. The number of hydrogen-bond acceptors (Lipinski definition) is 5. The minimum absolute atomic E-state index is 0.112. The Balaban J connectivity index is 1.61. The average molecular weight is 377 g/mol. The number of rotatable bonds is 5. The molecule has 1 aromatic carbocycles. The van der Waals surface area contributed by atoms with Gasteiger partial charge in [0.1, 0.15) is 17.8 Å². The zero-order valence-electron chi connectivity index (χ0n) is 12.5. The van der Waals surface area contributed by atoms with E-state index in [1.807, 2.05) is 24.3 Å². The number of nitrogens with one attached hydrogen (secondary N) is 2. The molecule has 2 aromatic rings. The molecule has 1 fully saturated rings. The molecule has 1 aliphatic rings. The Hall–Kier alpha value is -1.99. The van der Waals surface area contributed by atoms with E-state index in [0.29, 0.717) is 18.1 Å². The topological polar surface area (TPSA) is 76.1 Å². The quantitative estimate of drug-likeness (QED) is 0.838. The predicted molar refractivity (Wildman–Crippen MR) is 90.8 cm³/mol. The summed E-state index contributed by atoms with van der Waals surface area (Å²) < 4.78 is 6.49. The lowest BCUT2D eigenvalue weighted by Crippen LogP contribution is -2.32. The highest BCUT2D eigenvalue weighted by molar-refractivity contribution is 9.10. The van der Waals surface area contributed by atoms with Crippen LogP contribution in [0.2, 0.25) is 0 Å². The fourth-order valence-corrected chi connectivity index (χ4v) is 2.60. The molecule has 0 radical (unpaired) electrons.